The van der Waals surface area contributed by atoms with Gasteiger partial charge in [-0.05, 0) is 30.0 Å². The Morgan fingerprint density at radius 1 is 1.21 bits per heavy atom. The molecule has 1 aromatic carbocycles. The lowest BCUT2D eigenvalue weighted by molar-refractivity contribution is -0.121. The number of ether oxygens (including phenoxy) is 2. The number of amides is 2. The van der Waals surface area contributed by atoms with Crippen molar-refractivity contribution in [3.63, 3.8) is 0 Å². The van der Waals surface area contributed by atoms with E-state index in [1.54, 1.807) is 31.4 Å². The highest BCUT2D eigenvalue weighted by molar-refractivity contribution is 8.18. The van der Waals surface area contributed by atoms with Gasteiger partial charge >= 0.3 is 0 Å². The molecule has 0 radical (unpaired) electrons. The number of carbonyl (C=O) groups excluding carboxylic acids is 2. The van der Waals surface area contributed by atoms with Gasteiger partial charge < -0.3 is 9.47 Å². The Balaban J connectivity index is 2.38. The number of thioether (sulfide) groups is 1. The number of benzene rings is 1. The van der Waals surface area contributed by atoms with E-state index in [9.17, 15) is 9.59 Å². The molecule has 0 aromatic heterocycles. The van der Waals surface area contributed by atoms with Gasteiger partial charge in [0.15, 0.2) is 0 Å². The van der Waals surface area contributed by atoms with Gasteiger partial charge in [-0.25, -0.2) is 0 Å². The first-order valence-electron chi connectivity index (χ1n) is 5.50. The van der Waals surface area contributed by atoms with Crippen molar-refractivity contribution >= 4 is 29.0 Å². The van der Waals surface area contributed by atoms with Crippen LogP contribution >= 0.6 is 11.8 Å². The molecular weight excluding hydrogens is 266 g/mol. The summed E-state index contributed by atoms with van der Waals surface area (Å²) in [5.74, 6) is 0.952. The molecule has 1 aliphatic heterocycles. The second kappa shape index (κ2) is 5.36. The molecule has 1 heterocycles. The Hall–Kier alpha value is -1.95. The summed E-state index contributed by atoms with van der Waals surface area (Å²) in [5, 5.41) is -0.274. The average Bonchev–Trinajstić information content (AvgIpc) is 2.67. The number of imide groups is 1. The van der Waals surface area contributed by atoms with Gasteiger partial charge in [-0.15, -0.1) is 0 Å². The summed E-state index contributed by atoms with van der Waals surface area (Å²) in [5.41, 5.74) is 0.724. The topological polar surface area (TPSA) is 55.8 Å². The third-order valence-corrected chi connectivity index (χ3v) is 3.67. The van der Waals surface area contributed by atoms with Crippen molar-refractivity contribution in [2.45, 2.75) is 0 Å². The minimum absolute atomic E-state index is 0.274. The molecule has 0 unspecified atom stereocenters. The molecule has 1 saturated heterocycles. The van der Waals surface area contributed by atoms with Crippen LogP contribution in [0.15, 0.2) is 23.1 Å². The maximum atomic E-state index is 11.8. The normalized spacial score (nSPS) is 17.2. The van der Waals surface area contributed by atoms with Crippen LogP contribution in [0.3, 0.4) is 0 Å². The minimum atomic E-state index is -0.298. The second-order valence-electron chi connectivity index (χ2n) is 3.85. The van der Waals surface area contributed by atoms with Crippen molar-refractivity contribution in [3.05, 3.63) is 28.7 Å². The molecule has 0 N–H and O–H groups in total. The van der Waals surface area contributed by atoms with E-state index >= 15 is 0 Å². The van der Waals surface area contributed by atoms with Gasteiger partial charge in [0.1, 0.15) is 11.5 Å². The van der Waals surface area contributed by atoms with Crippen LogP contribution in [0.5, 0.6) is 11.5 Å². The molecule has 19 heavy (non-hydrogen) atoms. The van der Waals surface area contributed by atoms with Gasteiger partial charge in [0.2, 0.25) is 0 Å². The maximum Gasteiger partial charge on any atom is 0.293 e. The fraction of sp³-hybridized carbons (Fsp3) is 0.231. The van der Waals surface area contributed by atoms with Crippen molar-refractivity contribution in [2.75, 3.05) is 21.3 Å². The molecule has 0 bridgehead atoms. The summed E-state index contributed by atoms with van der Waals surface area (Å²) in [4.78, 5) is 24.7. The Morgan fingerprint density at radius 3 is 2.47 bits per heavy atom. The van der Waals surface area contributed by atoms with Crippen LogP contribution in [0.4, 0.5) is 4.79 Å². The lowest BCUT2D eigenvalue weighted by atomic mass is 10.1. The van der Waals surface area contributed by atoms with E-state index in [1.807, 2.05) is 0 Å². The van der Waals surface area contributed by atoms with Crippen LogP contribution in [0.2, 0.25) is 0 Å². The molecule has 1 fully saturated rings. The Kier molecular flexibility index (Phi) is 3.80. The number of likely N-dealkylation sites (N-methyl/N-ethyl adjacent to an activating group) is 1. The molecule has 0 spiro atoms. The summed E-state index contributed by atoms with van der Waals surface area (Å²) < 4.78 is 10.3. The zero-order valence-corrected chi connectivity index (χ0v) is 11.6. The van der Waals surface area contributed by atoms with Gasteiger partial charge in [-0.3, -0.25) is 14.5 Å². The summed E-state index contributed by atoms with van der Waals surface area (Å²) in [6.07, 6.45) is 1.65. The van der Waals surface area contributed by atoms with E-state index in [0.29, 0.717) is 16.4 Å². The van der Waals surface area contributed by atoms with E-state index in [0.717, 1.165) is 22.2 Å². The lowest BCUT2D eigenvalue weighted by Gasteiger charge is -2.07. The summed E-state index contributed by atoms with van der Waals surface area (Å²) in [6, 6.07) is 5.27. The van der Waals surface area contributed by atoms with Gasteiger partial charge in [0.25, 0.3) is 11.1 Å². The number of hydrogen-bond acceptors (Lipinski definition) is 5. The van der Waals surface area contributed by atoms with Crippen LogP contribution in [-0.4, -0.2) is 37.3 Å². The van der Waals surface area contributed by atoms with Crippen LogP contribution in [-0.2, 0) is 4.79 Å². The molecule has 100 valence electrons. The SMILES string of the molecule is COc1ccc(/C=C2\SC(=O)N(C)C2=O)c(OC)c1. The predicted octanol–water partition coefficient (Wildman–Crippen LogP) is 2.37. The average molecular weight is 279 g/mol. The zero-order valence-electron chi connectivity index (χ0n) is 10.8. The zero-order chi connectivity index (χ0) is 14.0. The summed E-state index contributed by atoms with van der Waals surface area (Å²) >= 11 is 0.918. The number of methoxy groups -OCH3 is 2. The molecule has 0 atom stereocenters. The highest BCUT2D eigenvalue weighted by Gasteiger charge is 2.31. The fourth-order valence-electron chi connectivity index (χ4n) is 1.62. The molecular formula is C13H13NO4S. The highest BCUT2D eigenvalue weighted by atomic mass is 32.2. The quantitative estimate of drug-likeness (QED) is 0.795. The standard InChI is InChI=1S/C13H13NO4S/c1-14-12(15)11(19-13(14)16)6-8-4-5-9(17-2)7-10(8)18-3/h4-7H,1-3H3/b11-6-. The first-order valence-corrected chi connectivity index (χ1v) is 6.32. The molecule has 0 aliphatic carbocycles. The monoisotopic (exact) mass is 279 g/mol. The Labute approximate surface area is 115 Å². The number of hydrogen-bond donors (Lipinski definition) is 0. The number of nitrogens with zero attached hydrogens (tertiary/aromatic N) is 1. The third-order valence-electron chi connectivity index (χ3n) is 2.71. The number of rotatable bonds is 3. The van der Waals surface area contributed by atoms with Crippen LogP contribution < -0.4 is 9.47 Å². The van der Waals surface area contributed by atoms with E-state index in [1.165, 1.54) is 14.2 Å². The Bertz CT molecular complexity index is 568. The van der Waals surface area contributed by atoms with Gasteiger partial charge in [0, 0.05) is 18.7 Å². The van der Waals surface area contributed by atoms with Crippen molar-refractivity contribution in [1.29, 1.82) is 0 Å². The van der Waals surface area contributed by atoms with E-state index in [4.69, 9.17) is 9.47 Å². The van der Waals surface area contributed by atoms with Crippen molar-refractivity contribution in [1.82, 2.24) is 4.90 Å². The smallest absolute Gasteiger partial charge is 0.293 e. The third kappa shape index (κ3) is 2.58. The van der Waals surface area contributed by atoms with Crippen LogP contribution in [0, 0.1) is 0 Å². The molecule has 2 amide bonds. The van der Waals surface area contributed by atoms with Crippen molar-refractivity contribution in [3.8, 4) is 11.5 Å². The summed E-state index contributed by atoms with van der Waals surface area (Å²) in [6.45, 7) is 0. The molecule has 5 nitrogen and oxygen atoms in total. The van der Waals surface area contributed by atoms with Crippen LogP contribution in [0.1, 0.15) is 5.56 Å². The van der Waals surface area contributed by atoms with Crippen LogP contribution in [0.25, 0.3) is 6.08 Å². The fourth-order valence-corrected chi connectivity index (χ4v) is 2.44. The predicted molar refractivity (Wildman–Crippen MR) is 73.3 cm³/mol. The summed E-state index contributed by atoms with van der Waals surface area (Å²) in [7, 11) is 4.57. The molecule has 6 heteroatoms. The van der Waals surface area contributed by atoms with E-state index < -0.39 is 0 Å². The Morgan fingerprint density at radius 2 is 1.95 bits per heavy atom. The first-order chi connectivity index (χ1) is 9.06. The van der Waals surface area contributed by atoms with Gasteiger partial charge in [0.05, 0.1) is 19.1 Å². The van der Waals surface area contributed by atoms with Crippen molar-refractivity contribution in [2.24, 2.45) is 0 Å². The largest absolute Gasteiger partial charge is 0.497 e. The number of carbonyl (C=O) groups is 2. The molecule has 2 rings (SSSR count). The van der Waals surface area contributed by atoms with E-state index in [2.05, 4.69) is 0 Å². The van der Waals surface area contributed by atoms with Gasteiger partial charge in [-0.2, -0.15) is 0 Å². The maximum absolute atomic E-state index is 11.8. The van der Waals surface area contributed by atoms with Crippen molar-refractivity contribution < 1.29 is 19.1 Å². The molecule has 1 aromatic rings. The highest BCUT2D eigenvalue weighted by Crippen LogP contribution is 2.34. The second-order valence-corrected chi connectivity index (χ2v) is 4.84. The molecule has 1 aliphatic rings. The first kappa shape index (κ1) is 13.5. The van der Waals surface area contributed by atoms with Gasteiger partial charge in [-0.1, -0.05) is 0 Å². The minimum Gasteiger partial charge on any atom is -0.497 e. The van der Waals surface area contributed by atoms with E-state index in [-0.39, 0.29) is 11.1 Å². The lowest BCUT2D eigenvalue weighted by Crippen LogP contribution is -2.22. The molecule has 0 saturated carbocycles.